The van der Waals surface area contributed by atoms with Gasteiger partial charge in [0.15, 0.2) is 0 Å². The summed E-state index contributed by atoms with van der Waals surface area (Å²) < 4.78 is 0.995. The van der Waals surface area contributed by atoms with Crippen LogP contribution in [0.5, 0.6) is 0 Å². The summed E-state index contributed by atoms with van der Waals surface area (Å²) in [7, 11) is 0. The first-order valence-electron chi connectivity index (χ1n) is 6.89. The average molecular weight is 355 g/mol. The quantitative estimate of drug-likeness (QED) is 0.763. The normalized spacial score (nSPS) is 10.5. The largest absolute Gasteiger partial charge is 0.326 e. The van der Waals surface area contributed by atoms with Crippen LogP contribution in [0.2, 0.25) is 0 Å². The van der Waals surface area contributed by atoms with Crippen LogP contribution in [0.25, 0.3) is 0 Å². The molecule has 0 amide bonds. The maximum absolute atomic E-state index is 5.92. The Bertz CT molecular complexity index is 708. The van der Waals surface area contributed by atoms with Crippen molar-refractivity contribution in [1.82, 2.24) is 9.97 Å². The van der Waals surface area contributed by atoms with Gasteiger partial charge in [-0.05, 0) is 35.9 Å². The topological polar surface area (TPSA) is 55.0 Å². The van der Waals surface area contributed by atoms with E-state index in [9.17, 15) is 0 Å². The molecule has 0 saturated heterocycles. The number of nitrogens with zero attached hydrogens (tertiary/aromatic N) is 3. The Hall–Kier alpha value is -2.24. The fourth-order valence-electron chi connectivity index (χ4n) is 2.31. The maximum atomic E-state index is 5.92. The molecule has 0 radical (unpaired) electrons. The lowest BCUT2D eigenvalue weighted by molar-refractivity contribution is 1.04. The smallest absolute Gasteiger partial charge is 0.140 e. The molecule has 0 unspecified atom stereocenters. The maximum Gasteiger partial charge on any atom is 0.140 e. The van der Waals surface area contributed by atoms with Crippen molar-refractivity contribution < 1.29 is 0 Å². The Kier molecular flexibility index (Phi) is 4.46. The van der Waals surface area contributed by atoms with Gasteiger partial charge in [0.05, 0.1) is 5.69 Å². The van der Waals surface area contributed by atoms with Crippen molar-refractivity contribution in [2.24, 2.45) is 5.73 Å². The SMILES string of the molecule is NCc1ccc(Br)cc1N(c1ccccc1)c1ccncn1. The molecule has 3 rings (SSSR count). The number of hydrogen-bond donors (Lipinski definition) is 1. The summed E-state index contributed by atoms with van der Waals surface area (Å²) in [5, 5.41) is 0. The standard InChI is InChI=1S/C17H15BrN4/c18-14-7-6-13(11-19)16(10-14)22(15-4-2-1-3-5-15)17-8-9-20-12-21-17/h1-10,12H,11,19H2. The van der Waals surface area contributed by atoms with Crippen molar-refractivity contribution in [2.75, 3.05) is 4.90 Å². The highest BCUT2D eigenvalue weighted by atomic mass is 79.9. The highest BCUT2D eigenvalue weighted by molar-refractivity contribution is 9.10. The second kappa shape index (κ2) is 6.68. The third-order valence-electron chi connectivity index (χ3n) is 3.32. The first-order valence-corrected chi connectivity index (χ1v) is 7.68. The third kappa shape index (κ3) is 3.00. The molecule has 0 fully saturated rings. The van der Waals surface area contributed by atoms with Crippen LogP contribution in [-0.4, -0.2) is 9.97 Å². The minimum absolute atomic E-state index is 0.455. The van der Waals surface area contributed by atoms with Gasteiger partial charge in [0.25, 0.3) is 0 Å². The van der Waals surface area contributed by atoms with E-state index in [0.29, 0.717) is 6.54 Å². The number of para-hydroxylation sites is 1. The van der Waals surface area contributed by atoms with E-state index in [4.69, 9.17) is 5.73 Å². The molecule has 110 valence electrons. The Morgan fingerprint density at radius 2 is 1.86 bits per heavy atom. The van der Waals surface area contributed by atoms with Gasteiger partial charge in [0, 0.05) is 22.9 Å². The van der Waals surface area contributed by atoms with E-state index < -0.39 is 0 Å². The number of halogens is 1. The molecule has 0 saturated carbocycles. The monoisotopic (exact) mass is 354 g/mol. The summed E-state index contributed by atoms with van der Waals surface area (Å²) >= 11 is 3.54. The molecule has 0 bridgehead atoms. The molecule has 0 aliphatic heterocycles. The van der Waals surface area contributed by atoms with Crippen molar-refractivity contribution in [1.29, 1.82) is 0 Å². The number of aromatic nitrogens is 2. The lowest BCUT2D eigenvalue weighted by Crippen LogP contribution is -2.15. The van der Waals surface area contributed by atoms with E-state index in [1.807, 2.05) is 48.5 Å². The van der Waals surface area contributed by atoms with E-state index >= 15 is 0 Å². The predicted molar refractivity (Wildman–Crippen MR) is 92.3 cm³/mol. The van der Waals surface area contributed by atoms with Gasteiger partial charge in [-0.3, -0.25) is 4.90 Å². The minimum atomic E-state index is 0.455. The molecule has 3 aromatic rings. The molecule has 1 heterocycles. The molecule has 0 spiro atoms. The van der Waals surface area contributed by atoms with E-state index in [1.165, 1.54) is 0 Å². The lowest BCUT2D eigenvalue weighted by atomic mass is 10.1. The van der Waals surface area contributed by atoms with Crippen LogP contribution in [0.15, 0.2) is 71.6 Å². The lowest BCUT2D eigenvalue weighted by Gasteiger charge is -2.26. The zero-order chi connectivity index (χ0) is 15.4. The van der Waals surface area contributed by atoms with Crippen molar-refractivity contribution in [3.63, 3.8) is 0 Å². The molecule has 2 N–H and O–H groups in total. The van der Waals surface area contributed by atoms with Crippen molar-refractivity contribution in [3.8, 4) is 0 Å². The summed E-state index contributed by atoms with van der Waals surface area (Å²) in [5.41, 5.74) is 8.99. The summed E-state index contributed by atoms with van der Waals surface area (Å²) in [5.74, 6) is 0.800. The molecular weight excluding hydrogens is 340 g/mol. The van der Waals surface area contributed by atoms with Gasteiger partial charge in [0.1, 0.15) is 12.1 Å². The predicted octanol–water partition coefficient (Wildman–Crippen LogP) is 4.17. The minimum Gasteiger partial charge on any atom is -0.326 e. The van der Waals surface area contributed by atoms with Gasteiger partial charge in [0.2, 0.25) is 0 Å². The summed E-state index contributed by atoms with van der Waals surface area (Å²) in [4.78, 5) is 10.5. The Morgan fingerprint density at radius 1 is 1.05 bits per heavy atom. The zero-order valence-electron chi connectivity index (χ0n) is 11.9. The van der Waals surface area contributed by atoms with Crippen LogP contribution >= 0.6 is 15.9 Å². The number of rotatable bonds is 4. The van der Waals surface area contributed by atoms with E-state index in [2.05, 4.69) is 36.9 Å². The number of anilines is 3. The fourth-order valence-corrected chi connectivity index (χ4v) is 2.65. The van der Waals surface area contributed by atoms with E-state index in [-0.39, 0.29) is 0 Å². The molecule has 1 aromatic heterocycles. The highest BCUT2D eigenvalue weighted by Crippen LogP contribution is 2.36. The van der Waals surface area contributed by atoms with Gasteiger partial charge >= 0.3 is 0 Å². The first-order chi connectivity index (χ1) is 10.8. The first kappa shape index (κ1) is 14.7. The van der Waals surface area contributed by atoms with Gasteiger partial charge in [-0.25, -0.2) is 9.97 Å². The molecular formula is C17H15BrN4. The van der Waals surface area contributed by atoms with Crippen molar-refractivity contribution in [3.05, 3.63) is 77.2 Å². The van der Waals surface area contributed by atoms with Crippen LogP contribution in [0.4, 0.5) is 17.2 Å². The highest BCUT2D eigenvalue weighted by Gasteiger charge is 2.16. The number of benzene rings is 2. The Labute approximate surface area is 137 Å². The second-order valence-electron chi connectivity index (χ2n) is 4.72. The Balaban J connectivity index is 2.21. The van der Waals surface area contributed by atoms with Crippen LogP contribution in [0.1, 0.15) is 5.56 Å². The average Bonchev–Trinajstić information content (AvgIpc) is 2.57. The Morgan fingerprint density at radius 3 is 2.55 bits per heavy atom. The zero-order valence-corrected chi connectivity index (χ0v) is 13.4. The van der Waals surface area contributed by atoms with Crippen LogP contribution in [0, 0.1) is 0 Å². The van der Waals surface area contributed by atoms with Crippen LogP contribution in [-0.2, 0) is 6.54 Å². The van der Waals surface area contributed by atoms with Gasteiger partial charge in [-0.15, -0.1) is 0 Å². The van der Waals surface area contributed by atoms with Crippen LogP contribution < -0.4 is 10.6 Å². The molecule has 4 nitrogen and oxygen atoms in total. The fraction of sp³-hybridized carbons (Fsp3) is 0.0588. The van der Waals surface area contributed by atoms with Gasteiger partial charge in [-0.2, -0.15) is 0 Å². The molecule has 0 aliphatic carbocycles. The molecule has 22 heavy (non-hydrogen) atoms. The van der Waals surface area contributed by atoms with Gasteiger partial charge in [-0.1, -0.05) is 40.2 Å². The van der Waals surface area contributed by atoms with Crippen molar-refractivity contribution >= 4 is 33.1 Å². The summed E-state index contributed by atoms with van der Waals surface area (Å²) in [6.45, 7) is 0.455. The second-order valence-corrected chi connectivity index (χ2v) is 5.63. The summed E-state index contributed by atoms with van der Waals surface area (Å²) in [6.07, 6.45) is 3.28. The van der Waals surface area contributed by atoms with E-state index in [1.54, 1.807) is 12.5 Å². The molecule has 2 aromatic carbocycles. The van der Waals surface area contributed by atoms with Gasteiger partial charge < -0.3 is 5.73 Å². The van der Waals surface area contributed by atoms with Crippen LogP contribution in [0.3, 0.4) is 0 Å². The summed E-state index contributed by atoms with van der Waals surface area (Å²) in [6, 6.07) is 18.0. The number of hydrogen-bond acceptors (Lipinski definition) is 4. The van der Waals surface area contributed by atoms with E-state index in [0.717, 1.165) is 27.2 Å². The number of nitrogens with two attached hydrogens (primary N) is 1. The molecule has 0 atom stereocenters. The molecule has 5 heteroatoms. The third-order valence-corrected chi connectivity index (χ3v) is 3.81. The molecule has 0 aliphatic rings. The van der Waals surface area contributed by atoms with Crippen molar-refractivity contribution in [2.45, 2.75) is 6.54 Å².